The summed E-state index contributed by atoms with van der Waals surface area (Å²) in [6.07, 6.45) is 0. The maximum Gasteiger partial charge on any atom is 0.238 e. The van der Waals surface area contributed by atoms with Gasteiger partial charge in [-0.25, -0.2) is 4.98 Å². The summed E-state index contributed by atoms with van der Waals surface area (Å²) in [5, 5.41) is -3.11. The van der Waals surface area contributed by atoms with E-state index < -0.39 is 293 Å². The molecule has 0 saturated heterocycles. The molecule has 0 spiro atoms. The van der Waals surface area contributed by atoms with Gasteiger partial charge in [-0.3, -0.25) is 4.57 Å². The molecule has 0 bridgehead atoms. The summed E-state index contributed by atoms with van der Waals surface area (Å²) in [5.74, 6) is -2.84. The second-order valence-electron chi connectivity index (χ2n) is 12.1. The molecule has 8 aromatic carbocycles. The zero-order valence-corrected chi connectivity index (χ0v) is 28.1. The summed E-state index contributed by atoms with van der Waals surface area (Å²) >= 11 is 0. The number of furan rings is 1. The van der Waals surface area contributed by atoms with Crippen LogP contribution in [0.2, 0.25) is 0 Å². The third kappa shape index (κ3) is 4.87. The lowest BCUT2D eigenvalue weighted by molar-refractivity contribution is 0.668. The van der Waals surface area contributed by atoms with Crippen LogP contribution >= 0.6 is 0 Å². The van der Waals surface area contributed by atoms with E-state index in [9.17, 15) is 17.8 Å². The monoisotopic (exact) mass is 760 g/mol. The molecular weight excluding hydrogens is 699 g/mol. The molecule has 57 heavy (non-hydrogen) atoms. The topological polar surface area (TPSA) is 61.7 Å². The molecule has 12 rings (SSSR count). The molecule has 0 atom stereocenters. The fourth-order valence-electron chi connectivity index (χ4n) is 6.63. The van der Waals surface area contributed by atoms with Crippen molar-refractivity contribution < 1.29 is 46.9 Å². The second kappa shape index (κ2) is 12.3. The van der Waals surface area contributed by atoms with Crippen LogP contribution in [0.25, 0.3) is 111 Å². The first-order valence-electron chi connectivity index (χ1n) is 32.1. The van der Waals surface area contributed by atoms with E-state index in [1.807, 2.05) is 0 Å². The molecular formula is C51H31N5O. The van der Waals surface area contributed by atoms with Crippen molar-refractivity contribution in [3.05, 3.63) is 187 Å². The summed E-state index contributed by atoms with van der Waals surface area (Å²) in [4.78, 5) is 13.3. The lowest BCUT2D eigenvalue weighted by atomic mass is 10.0. The van der Waals surface area contributed by atoms with Crippen molar-refractivity contribution in [2.75, 3.05) is 0 Å². The number of aromatic nitrogens is 5. The Kier molecular flexibility index (Phi) is 2.97. The molecule has 6 nitrogen and oxygen atoms in total. The van der Waals surface area contributed by atoms with E-state index in [4.69, 9.17) is 29.1 Å². The lowest BCUT2D eigenvalue weighted by Crippen LogP contribution is -2.06. The van der Waals surface area contributed by atoms with Crippen molar-refractivity contribution in [3.63, 3.8) is 0 Å². The first kappa shape index (κ1) is 13.7. The largest absolute Gasteiger partial charge is 0.456 e. The molecule has 0 N–H and O–H groups in total. The number of para-hydroxylation sites is 3. The molecule has 4 aromatic heterocycles. The minimum atomic E-state index is -1.07. The zero-order valence-electron chi connectivity index (χ0n) is 59.1. The van der Waals surface area contributed by atoms with Crippen LogP contribution in [0.3, 0.4) is 0 Å². The predicted molar refractivity (Wildman–Crippen MR) is 232 cm³/mol. The quantitative estimate of drug-likeness (QED) is 0.175. The van der Waals surface area contributed by atoms with Crippen LogP contribution < -0.4 is 0 Å². The van der Waals surface area contributed by atoms with Gasteiger partial charge in [0.1, 0.15) is 11.2 Å². The van der Waals surface area contributed by atoms with E-state index in [-0.39, 0.29) is 5.39 Å². The average molecular weight is 761 g/mol. The van der Waals surface area contributed by atoms with Gasteiger partial charge in [-0.1, -0.05) is 139 Å². The maximum atomic E-state index is 9.99. The molecule has 0 saturated carbocycles. The number of benzene rings is 8. The Bertz CT molecular complexity index is 5270. The van der Waals surface area contributed by atoms with E-state index in [0.717, 1.165) is 9.13 Å². The molecule has 0 amide bonds. The van der Waals surface area contributed by atoms with E-state index in [2.05, 4.69) is 15.0 Å². The van der Waals surface area contributed by atoms with Crippen molar-refractivity contribution in [1.82, 2.24) is 24.1 Å². The summed E-state index contributed by atoms with van der Waals surface area (Å²) in [6, 6.07) is -28.6. The van der Waals surface area contributed by atoms with Crippen molar-refractivity contribution in [2.24, 2.45) is 0 Å². The second-order valence-corrected chi connectivity index (χ2v) is 12.1. The highest BCUT2D eigenvalue weighted by Crippen LogP contribution is 2.43. The summed E-state index contributed by atoms with van der Waals surface area (Å²) in [5.41, 5.74) is -7.88. The molecule has 266 valence electrons. The van der Waals surface area contributed by atoms with Gasteiger partial charge in [0.25, 0.3) is 0 Å². The molecule has 4 heterocycles. The zero-order chi connectivity index (χ0) is 64.4. The van der Waals surface area contributed by atoms with Gasteiger partial charge in [0.15, 0.2) is 11.6 Å². The van der Waals surface area contributed by atoms with Crippen molar-refractivity contribution in [3.8, 4) is 45.5 Å². The Labute approximate surface area is 370 Å². The van der Waals surface area contributed by atoms with Crippen LogP contribution in [-0.4, -0.2) is 24.1 Å². The maximum absolute atomic E-state index is 9.99. The van der Waals surface area contributed by atoms with Gasteiger partial charge in [-0.05, 0) is 53.4 Å². The van der Waals surface area contributed by atoms with Gasteiger partial charge in [0.2, 0.25) is 5.95 Å². The van der Waals surface area contributed by atoms with Gasteiger partial charge in [0, 0.05) is 55.2 Å². The third-order valence-corrected chi connectivity index (χ3v) is 8.99. The Morgan fingerprint density at radius 2 is 0.860 bits per heavy atom. The van der Waals surface area contributed by atoms with Crippen LogP contribution in [0.5, 0.6) is 0 Å². The van der Waals surface area contributed by atoms with Crippen molar-refractivity contribution in [1.29, 1.82) is 0 Å². The van der Waals surface area contributed by atoms with Gasteiger partial charge < -0.3 is 8.98 Å². The standard InChI is InChI=1S/C51H31N5O/c1-3-13-32(14-4-1)33-23-25-35(26-24-33)50-52-49(34-15-5-2-6-16-34)53-51(54-50)56-42-21-11-8-19-40(42)48-44(56)30-29-43-47(48)39-18-7-10-20-41(39)55(43)36-27-28-38-37-17-9-12-22-45(37)57-46(38)31-36/h1-31H/i1D,2D,3D,4D,5D,6D,7D,8D,9D,10D,11D,12D,13D,14D,15D,16D,17D,18D,19D,20D,21D,22D,23D,24D,25D,26D,27D,28D,29D,30D,31D. The van der Waals surface area contributed by atoms with E-state index >= 15 is 0 Å². The van der Waals surface area contributed by atoms with Crippen LogP contribution in [0.1, 0.15) is 42.5 Å². The molecule has 6 heteroatoms. The van der Waals surface area contributed by atoms with Gasteiger partial charge in [0.05, 0.1) is 64.6 Å². The number of hydrogen-bond donors (Lipinski definition) is 0. The molecule has 0 aliphatic rings. The van der Waals surface area contributed by atoms with Crippen LogP contribution in [0.4, 0.5) is 0 Å². The third-order valence-electron chi connectivity index (χ3n) is 8.99. The smallest absolute Gasteiger partial charge is 0.238 e. The van der Waals surface area contributed by atoms with Gasteiger partial charge in [-0.2, -0.15) is 9.97 Å². The minimum absolute atomic E-state index is 0.387. The highest BCUT2D eigenvalue weighted by molar-refractivity contribution is 6.29. The molecule has 0 radical (unpaired) electrons. The Balaban J connectivity index is 1.30. The molecule has 0 aliphatic heterocycles. The average Bonchev–Trinajstić information content (AvgIpc) is 1.53. The van der Waals surface area contributed by atoms with Crippen molar-refractivity contribution >= 4 is 65.6 Å². The van der Waals surface area contributed by atoms with Gasteiger partial charge in [-0.15, -0.1) is 0 Å². The number of fused-ring (bicyclic) bond motifs is 10. The predicted octanol–water partition coefficient (Wildman–Crippen LogP) is 13.0. The van der Waals surface area contributed by atoms with E-state index in [0.29, 0.717) is 0 Å². The summed E-state index contributed by atoms with van der Waals surface area (Å²) < 4.78 is 286. The first-order chi connectivity index (χ1) is 41.2. The lowest BCUT2D eigenvalue weighted by Gasteiger charge is -2.11. The van der Waals surface area contributed by atoms with E-state index in [1.165, 1.54) is 0 Å². The summed E-state index contributed by atoms with van der Waals surface area (Å²) in [7, 11) is 0. The normalized spacial score (nSPS) is 19.5. The molecule has 0 unspecified atom stereocenters. The molecule has 0 aliphatic carbocycles. The van der Waals surface area contributed by atoms with Crippen LogP contribution in [0.15, 0.2) is 192 Å². The fraction of sp³-hybridized carbons (Fsp3) is 0. The number of hydrogen-bond acceptors (Lipinski definition) is 4. The van der Waals surface area contributed by atoms with Crippen LogP contribution in [0, 0.1) is 0 Å². The highest BCUT2D eigenvalue weighted by atomic mass is 16.3. The molecule has 0 fully saturated rings. The summed E-state index contributed by atoms with van der Waals surface area (Å²) in [6.45, 7) is 0. The van der Waals surface area contributed by atoms with E-state index in [1.54, 1.807) is 0 Å². The van der Waals surface area contributed by atoms with Gasteiger partial charge >= 0.3 is 0 Å². The Morgan fingerprint density at radius 3 is 1.54 bits per heavy atom. The first-order valence-corrected chi connectivity index (χ1v) is 16.6. The highest BCUT2D eigenvalue weighted by Gasteiger charge is 2.23. The minimum Gasteiger partial charge on any atom is -0.456 e. The fourth-order valence-corrected chi connectivity index (χ4v) is 6.63. The number of rotatable bonds is 5. The van der Waals surface area contributed by atoms with Crippen LogP contribution in [-0.2, 0) is 0 Å². The Hall–Kier alpha value is -7.83. The number of nitrogens with zero attached hydrogens (tertiary/aromatic N) is 5. The molecule has 12 aromatic rings. The Morgan fingerprint density at radius 1 is 0.368 bits per heavy atom. The van der Waals surface area contributed by atoms with Crippen molar-refractivity contribution in [2.45, 2.75) is 0 Å². The SMILES string of the molecule is [2H]c1c([2H])c([2H])c(-c2nc(-c3c([2H])c([2H])c(-c4c([2H])c([2H])c([2H])c([2H])c4[2H])c([2H])c3[2H])nc(-n3c4c([2H])c([2H])c([2H])c([2H])c4c4c5c6c([2H])c([2H])c([2H])c([2H])c6n(-c6c([2H])c([2H])c7c(oc8c([2H])c([2H])c([2H])c([2H])c87)c6[2H])c5c([2H])c([2H])c43)n2)c([2H])c1[2H].